The van der Waals surface area contributed by atoms with E-state index in [1.54, 1.807) is 39.8 Å². The van der Waals surface area contributed by atoms with E-state index in [4.69, 9.17) is 0 Å². The zero-order valence-corrected chi connectivity index (χ0v) is 36.8. The van der Waals surface area contributed by atoms with E-state index in [1.165, 1.54) is 21.3 Å². The smallest absolute Gasteiger partial charge is 0.336 e. The van der Waals surface area contributed by atoms with Crippen LogP contribution in [0.1, 0.15) is 33.9 Å². The van der Waals surface area contributed by atoms with Crippen LogP contribution in [-0.2, 0) is 34.8 Å². The molecule has 0 N–H and O–H groups in total. The second-order valence-corrected chi connectivity index (χ2v) is 15.0. The molecular weight excluding hydrogens is 836 g/mol. The summed E-state index contributed by atoms with van der Waals surface area (Å²) in [5, 5.41) is 0. The molecule has 0 unspecified atom stereocenters. The minimum Gasteiger partial charge on any atom is -0.336 e. The maximum absolute atomic E-state index is 14.1. The summed E-state index contributed by atoms with van der Waals surface area (Å²) in [5.74, 6) is -11.9. The third kappa shape index (κ3) is 12.4. The van der Waals surface area contributed by atoms with Crippen LogP contribution in [0.3, 0.4) is 0 Å². The van der Waals surface area contributed by atoms with Crippen LogP contribution in [0.4, 0.5) is 35.1 Å². The number of halogens is 8. The summed E-state index contributed by atoms with van der Waals surface area (Å²) >= 11 is 0. The maximum Gasteiger partial charge on any atom is 4.00 e. The fourth-order valence-electron chi connectivity index (χ4n) is 7.22. The Morgan fingerprint density at radius 3 is 1.00 bits per heavy atom. The van der Waals surface area contributed by atoms with Gasteiger partial charge in [-0.3, -0.25) is 27.4 Å². The summed E-state index contributed by atoms with van der Waals surface area (Å²) in [5.41, 5.74) is 2.48. The first kappa shape index (κ1) is 49.4. The first-order valence-electron chi connectivity index (χ1n) is 19.6. The molecule has 2 aliphatic heterocycles. The first-order chi connectivity index (χ1) is 28.6. The van der Waals surface area contributed by atoms with Crippen molar-refractivity contribution in [1.82, 2.24) is 28.7 Å². The standard InChI is InChI=1S/2C18H20F4N3.2C5H5.Ti/c2*1-11-8-13(10-24-6-4-23(3)5-7-24)12(2)25(11)18-16(21)14(19)9-15(20)17(18)22;2*1-2-4-5-3-1;/h2*8H,4-7,10H2,1-3H3;2*1-5H;/q4*-1;+4. The summed E-state index contributed by atoms with van der Waals surface area (Å²) in [6.07, 6.45) is 0. The molecule has 0 radical (unpaired) electrons. The number of rotatable bonds is 6. The molecule has 0 bridgehead atoms. The van der Waals surface area contributed by atoms with E-state index in [2.05, 4.69) is 33.7 Å². The van der Waals surface area contributed by atoms with Crippen molar-refractivity contribution in [2.24, 2.45) is 0 Å². The predicted octanol–water partition coefficient (Wildman–Crippen LogP) is 9.20. The number of nitrogens with zero attached hydrogens (tertiary/aromatic N) is 6. The van der Waals surface area contributed by atoms with Gasteiger partial charge in [0.15, 0.2) is 0 Å². The van der Waals surface area contributed by atoms with Gasteiger partial charge in [0.1, 0.15) is 0 Å². The molecule has 6 aromatic rings. The molecule has 0 amide bonds. The average molecular weight is 887 g/mol. The Kier molecular flexibility index (Phi) is 18.4. The number of benzene rings is 2. The molecule has 0 atom stereocenters. The van der Waals surface area contributed by atoms with Crippen molar-refractivity contribution in [3.63, 3.8) is 0 Å². The fraction of sp³-hybridized carbons (Fsp3) is 0.348. The van der Waals surface area contributed by atoms with Crippen molar-refractivity contribution < 1.29 is 56.8 Å². The van der Waals surface area contributed by atoms with E-state index in [-0.39, 0.29) is 21.7 Å². The number of hydrogen-bond donors (Lipinski definition) is 0. The fourth-order valence-corrected chi connectivity index (χ4v) is 7.22. The molecular formula is C46H50F8N6Ti. The van der Waals surface area contributed by atoms with Crippen molar-refractivity contribution in [2.75, 3.05) is 66.5 Å². The van der Waals surface area contributed by atoms with Crippen LogP contribution < -0.4 is 0 Å². The Morgan fingerprint density at radius 1 is 0.475 bits per heavy atom. The van der Waals surface area contributed by atoms with Crippen LogP contribution in [0.5, 0.6) is 0 Å². The van der Waals surface area contributed by atoms with E-state index in [1.807, 2.05) is 60.7 Å². The normalized spacial score (nSPS) is 14.9. The molecule has 0 saturated carbocycles. The van der Waals surface area contributed by atoms with Gasteiger partial charge >= 0.3 is 21.7 Å². The van der Waals surface area contributed by atoms with Crippen molar-refractivity contribution in [3.05, 3.63) is 165 Å². The van der Waals surface area contributed by atoms with Crippen LogP contribution in [0.15, 0.2) is 72.8 Å². The summed E-state index contributed by atoms with van der Waals surface area (Å²) in [6.45, 7) is 15.4. The monoisotopic (exact) mass is 886 g/mol. The first-order valence-corrected chi connectivity index (χ1v) is 19.6. The molecule has 6 nitrogen and oxygen atoms in total. The number of hydrogen-bond acceptors (Lipinski definition) is 4. The van der Waals surface area contributed by atoms with E-state index in [9.17, 15) is 35.1 Å². The Bertz CT molecular complexity index is 2020. The minimum absolute atomic E-state index is 0. The zero-order chi connectivity index (χ0) is 43.7. The SMILES string of the molecule is Cc1cc(CN2CCN(C)CC2)c(C)n1-c1c(F)c(F)[c-]c(F)c1F.Cc1cc(CN2CCN(C)CC2)c(C)n1-c1c(F)c(F)[c-]c(F)c1F.[Ti+4].c1cc[cH-]c1.c1cc[cH-]c1. The molecule has 2 saturated heterocycles. The molecule has 4 aromatic carbocycles. The van der Waals surface area contributed by atoms with Gasteiger partial charge in [0, 0.05) is 99.6 Å². The Labute approximate surface area is 368 Å². The summed E-state index contributed by atoms with van der Waals surface area (Å²) in [4.78, 5) is 8.96. The summed E-state index contributed by atoms with van der Waals surface area (Å²) < 4.78 is 113. The van der Waals surface area contributed by atoms with E-state index < -0.39 is 57.9 Å². The Hall–Kier alpha value is -4.31. The molecule has 324 valence electrons. The number of aryl methyl sites for hydroxylation is 2. The second kappa shape index (κ2) is 22.7. The molecule has 0 aliphatic carbocycles. The molecule has 15 heteroatoms. The number of aromatic nitrogens is 2. The largest absolute Gasteiger partial charge is 4.00 e. The van der Waals surface area contributed by atoms with Gasteiger partial charge in [-0.1, -0.05) is 0 Å². The van der Waals surface area contributed by atoms with Gasteiger partial charge < -0.3 is 18.9 Å². The second-order valence-electron chi connectivity index (χ2n) is 15.0. The quantitative estimate of drug-likeness (QED) is 0.0721. The van der Waals surface area contributed by atoms with Gasteiger partial charge in [-0.25, -0.2) is 41.8 Å². The van der Waals surface area contributed by atoms with E-state index in [0.29, 0.717) is 35.9 Å². The van der Waals surface area contributed by atoms with Crippen molar-refractivity contribution >= 4 is 0 Å². The van der Waals surface area contributed by atoms with Crippen molar-refractivity contribution in [1.29, 1.82) is 0 Å². The summed E-state index contributed by atoms with van der Waals surface area (Å²) in [7, 11) is 4.12. The average Bonchev–Trinajstić information content (AvgIpc) is 4.07. The molecule has 2 aromatic heterocycles. The van der Waals surface area contributed by atoms with Crippen LogP contribution in [-0.4, -0.2) is 95.2 Å². The van der Waals surface area contributed by atoms with Crippen LogP contribution in [0.2, 0.25) is 0 Å². The van der Waals surface area contributed by atoms with E-state index in [0.717, 1.165) is 63.5 Å². The molecule has 2 fully saturated rings. The third-order valence-corrected chi connectivity index (χ3v) is 10.7. The maximum atomic E-state index is 14.1. The number of likely N-dealkylation sites (N-methyl/N-ethyl adjacent to an activating group) is 2. The number of piperazine rings is 2. The Balaban J connectivity index is 0.000000215. The molecule has 0 spiro atoms. The topological polar surface area (TPSA) is 22.8 Å². The van der Waals surface area contributed by atoms with Gasteiger partial charge in [-0.05, 0) is 65.0 Å². The van der Waals surface area contributed by atoms with Crippen LogP contribution in [0, 0.1) is 86.4 Å². The van der Waals surface area contributed by atoms with Gasteiger partial charge in [-0.15, -0.1) is 12.1 Å². The van der Waals surface area contributed by atoms with Crippen molar-refractivity contribution in [2.45, 2.75) is 40.8 Å². The predicted molar refractivity (Wildman–Crippen MR) is 217 cm³/mol. The molecule has 61 heavy (non-hydrogen) atoms. The van der Waals surface area contributed by atoms with Crippen LogP contribution in [0.25, 0.3) is 11.4 Å². The van der Waals surface area contributed by atoms with Gasteiger partial charge in [0.25, 0.3) is 0 Å². The van der Waals surface area contributed by atoms with Gasteiger partial charge in [-0.2, -0.15) is 36.4 Å². The third-order valence-electron chi connectivity index (χ3n) is 10.7. The molecule has 2 aliphatic rings. The van der Waals surface area contributed by atoms with Gasteiger partial charge in [0.2, 0.25) is 0 Å². The Morgan fingerprint density at radius 2 is 0.754 bits per heavy atom. The van der Waals surface area contributed by atoms with E-state index >= 15 is 0 Å². The molecule has 8 rings (SSSR count). The zero-order valence-electron chi connectivity index (χ0n) is 35.2. The van der Waals surface area contributed by atoms with Crippen molar-refractivity contribution in [3.8, 4) is 11.4 Å². The van der Waals surface area contributed by atoms with Crippen LogP contribution >= 0.6 is 0 Å². The minimum atomic E-state index is -1.53. The van der Waals surface area contributed by atoms with Gasteiger partial charge in [0.05, 0.1) is 46.5 Å². The molecule has 4 heterocycles. The summed E-state index contributed by atoms with van der Waals surface area (Å²) in [6, 6.07) is 26.5.